The molecule has 1 atom stereocenters. The number of hydrogen-bond donors (Lipinski definition) is 3. The minimum atomic E-state index is -4.37. The predicted molar refractivity (Wildman–Crippen MR) is 110 cm³/mol. The smallest absolute Gasteiger partial charge is 0.412 e. The standard InChI is InChI=1S/C18H21N3O7S2/c1-11(2)28-18(23)20-15(17-19-14(10-29-17)9-16(22)27-3)8-12-4-6-13(7-5-12)21-30(24,25)26/h4-7,10,15,21H,1,8-9H2,2-3H3,(H,20,23)(H,24,25,26)/t15-/m0/s1. The second-order valence-electron chi connectivity index (χ2n) is 6.20. The van der Waals surface area contributed by atoms with Gasteiger partial charge in [0.25, 0.3) is 0 Å². The molecule has 1 aromatic heterocycles. The maximum Gasteiger partial charge on any atom is 0.412 e. The van der Waals surface area contributed by atoms with E-state index in [-0.39, 0.29) is 17.9 Å². The Morgan fingerprint density at radius 1 is 1.30 bits per heavy atom. The number of nitrogens with zero attached hydrogens (tertiary/aromatic N) is 1. The van der Waals surface area contributed by atoms with E-state index in [0.29, 0.717) is 17.1 Å². The summed E-state index contributed by atoms with van der Waals surface area (Å²) in [4.78, 5) is 27.9. The van der Waals surface area contributed by atoms with Crippen LogP contribution in [-0.4, -0.2) is 37.1 Å². The lowest BCUT2D eigenvalue weighted by molar-refractivity contribution is -0.139. The molecule has 10 nitrogen and oxygen atoms in total. The molecule has 12 heteroatoms. The summed E-state index contributed by atoms with van der Waals surface area (Å²) < 4.78 is 42.2. The van der Waals surface area contributed by atoms with E-state index in [9.17, 15) is 18.0 Å². The van der Waals surface area contributed by atoms with Crippen molar-refractivity contribution < 1.29 is 32.0 Å². The average Bonchev–Trinajstić information content (AvgIpc) is 3.09. The normalized spacial score (nSPS) is 12.0. The summed E-state index contributed by atoms with van der Waals surface area (Å²) in [6.07, 6.45) is -0.393. The maximum absolute atomic E-state index is 12.1. The van der Waals surface area contributed by atoms with Gasteiger partial charge in [0.1, 0.15) is 5.01 Å². The zero-order valence-electron chi connectivity index (χ0n) is 16.2. The Labute approximate surface area is 177 Å². The minimum Gasteiger partial charge on any atom is -0.469 e. The van der Waals surface area contributed by atoms with E-state index in [1.165, 1.54) is 37.5 Å². The summed E-state index contributed by atoms with van der Waals surface area (Å²) in [5.74, 6) is -0.211. The predicted octanol–water partition coefficient (Wildman–Crippen LogP) is 2.62. The number of thiazole rings is 1. The van der Waals surface area contributed by atoms with Gasteiger partial charge in [-0.05, 0) is 31.0 Å². The number of anilines is 1. The van der Waals surface area contributed by atoms with Gasteiger partial charge in [-0.15, -0.1) is 11.3 Å². The third-order valence-electron chi connectivity index (χ3n) is 3.62. The molecule has 0 spiro atoms. The molecule has 0 radical (unpaired) electrons. The van der Waals surface area contributed by atoms with Crippen LogP contribution in [0.5, 0.6) is 0 Å². The van der Waals surface area contributed by atoms with Crippen molar-refractivity contribution in [2.75, 3.05) is 11.8 Å². The van der Waals surface area contributed by atoms with Crippen molar-refractivity contribution in [3.05, 3.63) is 58.2 Å². The molecule has 0 bridgehead atoms. The summed E-state index contributed by atoms with van der Waals surface area (Å²) in [7, 11) is -3.09. The molecule has 0 fully saturated rings. The summed E-state index contributed by atoms with van der Waals surface area (Å²) in [6.45, 7) is 5.06. The van der Waals surface area contributed by atoms with Crippen molar-refractivity contribution in [2.45, 2.75) is 25.8 Å². The van der Waals surface area contributed by atoms with Gasteiger partial charge < -0.3 is 14.8 Å². The highest BCUT2D eigenvalue weighted by molar-refractivity contribution is 7.87. The summed E-state index contributed by atoms with van der Waals surface area (Å²) in [5.41, 5.74) is 1.44. The number of nitrogens with one attached hydrogen (secondary N) is 2. The Hall–Kier alpha value is -2.96. The number of carbonyl (C=O) groups is 2. The molecule has 0 aliphatic carbocycles. The number of ether oxygens (including phenoxy) is 2. The molecule has 0 saturated carbocycles. The third-order valence-corrected chi connectivity index (χ3v) is 5.12. The van der Waals surface area contributed by atoms with Gasteiger partial charge in [-0.3, -0.25) is 14.1 Å². The fraction of sp³-hybridized carbons (Fsp3) is 0.278. The van der Waals surface area contributed by atoms with Crippen molar-refractivity contribution in [1.82, 2.24) is 10.3 Å². The van der Waals surface area contributed by atoms with E-state index in [0.717, 1.165) is 5.56 Å². The first-order chi connectivity index (χ1) is 14.1. The van der Waals surface area contributed by atoms with Gasteiger partial charge in [0.15, 0.2) is 0 Å². The van der Waals surface area contributed by atoms with Crippen LogP contribution in [0.3, 0.4) is 0 Å². The lowest BCUT2D eigenvalue weighted by Gasteiger charge is -2.17. The molecule has 1 heterocycles. The van der Waals surface area contributed by atoms with Crippen LogP contribution in [0, 0.1) is 0 Å². The Morgan fingerprint density at radius 2 is 1.97 bits per heavy atom. The number of aromatic nitrogens is 1. The lowest BCUT2D eigenvalue weighted by Crippen LogP contribution is -2.30. The highest BCUT2D eigenvalue weighted by Gasteiger charge is 2.21. The molecule has 3 N–H and O–H groups in total. The van der Waals surface area contributed by atoms with Crippen molar-refractivity contribution in [2.24, 2.45) is 0 Å². The Bertz CT molecular complexity index is 1020. The molecule has 0 saturated heterocycles. The van der Waals surface area contributed by atoms with Gasteiger partial charge in [0.2, 0.25) is 0 Å². The number of methoxy groups -OCH3 is 1. The van der Waals surface area contributed by atoms with E-state index < -0.39 is 28.4 Å². The van der Waals surface area contributed by atoms with Crippen LogP contribution in [-0.2, 0) is 37.4 Å². The zero-order chi connectivity index (χ0) is 22.3. The van der Waals surface area contributed by atoms with Crippen LogP contribution in [0.15, 0.2) is 42.0 Å². The number of esters is 1. The number of hydrogen-bond acceptors (Lipinski definition) is 8. The highest BCUT2D eigenvalue weighted by atomic mass is 32.2. The Morgan fingerprint density at radius 3 is 2.53 bits per heavy atom. The van der Waals surface area contributed by atoms with Crippen LogP contribution < -0.4 is 10.0 Å². The number of rotatable bonds is 9. The SMILES string of the molecule is C=C(C)OC(=O)N[C@@H](Cc1ccc(NS(=O)(=O)O)cc1)c1nc(CC(=O)OC)cs1. The average molecular weight is 456 g/mol. The minimum absolute atomic E-state index is 0.00589. The molecule has 0 aliphatic heterocycles. The number of amides is 1. The second kappa shape index (κ2) is 10.2. The van der Waals surface area contributed by atoms with E-state index in [4.69, 9.17) is 9.29 Å². The molecule has 30 heavy (non-hydrogen) atoms. The topological polar surface area (TPSA) is 144 Å². The number of allylic oxidation sites excluding steroid dienone is 1. The molecule has 1 amide bonds. The molecule has 0 aliphatic rings. The first kappa shape index (κ1) is 23.3. The summed E-state index contributed by atoms with van der Waals surface area (Å²) in [6, 6.07) is 5.63. The van der Waals surface area contributed by atoms with Gasteiger partial charge in [0.05, 0.1) is 36.7 Å². The summed E-state index contributed by atoms with van der Waals surface area (Å²) >= 11 is 1.26. The first-order valence-electron chi connectivity index (χ1n) is 8.55. The van der Waals surface area contributed by atoms with Crippen molar-refractivity contribution in [1.29, 1.82) is 0 Å². The molecule has 162 valence electrons. The molecular weight excluding hydrogens is 434 g/mol. The molecule has 2 rings (SSSR count). The Kier molecular flexibility index (Phi) is 7.92. The zero-order valence-corrected chi connectivity index (χ0v) is 17.9. The molecule has 2 aromatic rings. The monoisotopic (exact) mass is 455 g/mol. The van der Waals surface area contributed by atoms with Gasteiger partial charge in [-0.1, -0.05) is 18.7 Å². The van der Waals surface area contributed by atoms with Crippen LogP contribution in [0.2, 0.25) is 0 Å². The maximum atomic E-state index is 12.1. The van der Waals surface area contributed by atoms with Crippen LogP contribution in [0.25, 0.3) is 0 Å². The Balaban J connectivity index is 2.20. The van der Waals surface area contributed by atoms with Crippen LogP contribution in [0.1, 0.15) is 29.2 Å². The van der Waals surface area contributed by atoms with Gasteiger partial charge in [0, 0.05) is 5.38 Å². The molecular formula is C18H21N3O7S2. The van der Waals surface area contributed by atoms with Gasteiger partial charge in [-0.25, -0.2) is 9.78 Å². The highest BCUT2D eigenvalue weighted by Crippen LogP contribution is 2.24. The fourth-order valence-corrected chi connectivity index (χ4v) is 3.71. The number of alkyl carbamates (subject to hydrolysis) is 1. The van der Waals surface area contributed by atoms with Crippen LogP contribution in [0.4, 0.5) is 10.5 Å². The number of carbonyl (C=O) groups excluding carboxylic acids is 2. The largest absolute Gasteiger partial charge is 0.469 e. The van der Waals surface area contributed by atoms with E-state index in [2.05, 4.69) is 21.6 Å². The third kappa shape index (κ3) is 7.81. The first-order valence-corrected chi connectivity index (χ1v) is 10.9. The summed E-state index contributed by atoms with van der Waals surface area (Å²) in [5, 5.41) is 4.95. The van der Waals surface area contributed by atoms with Crippen molar-refractivity contribution in [3.63, 3.8) is 0 Å². The molecule has 0 unspecified atom stereocenters. The van der Waals surface area contributed by atoms with E-state index >= 15 is 0 Å². The van der Waals surface area contributed by atoms with Crippen LogP contribution >= 0.6 is 11.3 Å². The lowest BCUT2D eigenvalue weighted by atomic mass is 10.1. The second-order valence-corrected chi connectivity index (χ2v) is 8.24. The van der Waals surface area contributed by atoms with E-state index in [1.807, 2.05) is 4.72 Å². The van der Waals surface area contributed by atoms with Crippen molar-refractivity contribution in [3.8, 4) is 0 Å². The van der Waals surface area contributed by atoms with Gasteiger partial charge >= 0.3 is 22.4 Å². The fourth-order valence-electron chi connectivity index (χ4n) is 2.41. The molecule has 1 aromatic carbocycles. The number of benzene rings is 1. The quantitative estimate of drug-likeness (QED) is 0.297. The van der Waals surface area contributed by atoms with E-state index in [1.54, 1.807) is 17.5 Å². The van der Waals surface area contributed by atoms with Gasteiger partial charge in [-0.2, -0.15) is 8.42 Å². The van der Waals surface area contributed by atoms with Crippen molar-refractivity contribution >= 4 is 39.4 Å².